The van der Waals surface area contributed by atoms with Crippen LogP contribution >= 0.6 is 0 Å². The lowest BCUT2D eigenvalue weighted by Crippen LogP contribution is -2.32. The normalized spacial score (nSPS) is 18.9. The van der Waals surface area contributed by atoms with Gasteiger partial charge in [0.1, 0.15) is 0 Å². The third-order valence-corrected chi connectivity index (χ3v) is 4.01. The number of nitrogens with one attached hydrogen (secondary N) is 2. The minimum atomic E-state index is 0.0205. The smallest absolute Gasteiger partial charge is 0.317 e. The summed E-state index contributed by atoms with van der Waals surface area (Å²) in [5.74, 6) is 1.30. The predicted molar refractivity (Wildman–Crippen MR) is 76.8 cm³/mol. The maximum absolute atomic E-state index is 11.4. The van der Waals surface area contributed by atoms with Gasteiger partial charge in [-0.25, -0.2) is 14.8 Å². The first kappa shape index (κ1) is 13.1. The Morgan fingerprint density at radius 3 is 2.95 bits per heavy atom. The van der Waals surface area contributed by atoms with Gasteiger partial charge in [-0.2, -0.15) is 0 Å². The van der Waals surface area contributed by atoms with Crippen LogP contribution in [-0.2, 0) is 0 Å². The molecular formula is C14H21N5O. The quantitative estimate of drug-likeness (QED) is 0.854. The van der Waals surface area contributed by atoms with Crippen molar-refractivity contribution in [2.24, 2.45) is 0 Å². The van der Waals surface area contributed by atoms with Crippen LogP contribution in [-0.4, -0.2) is 47.1 Å². The number of anilines is 1. The van der Waals surface area contributed by atoms with Crippen molar-refractivity contribution in [1.29, 1.82) is 0 Å². The Balaban J connectivity index is 1.56. The molecule has 1 aliphatic heterocycles. The molecule has 2 heterocycles. The molecule has 1 saturated heterocycles. The van der Waals surface area contributed by atoms with Gasteiger partial charge in [-0.1, -0.05) is 6.42 Å². The second-order valence-electron chi connectivity index (χ2n) is 5.53. The van der Waals surface area contributed by atoms with Crippen LogP contribution in [0.15, 0.2) is 6.07 Å². The van der Waals surface area contributed by atoms with Gasteiger partial charge in [0, 0.05) is 43.5 Å². The van der Waals surface area contributed by atoms with E-state index in [1.165, 1.54) is 19.3 Å². The summed E-state index contributed by atoms with van der Waals surface area (Å²) in [4.78, 5) is 22.2. The van der Waals surface area contributed by atoms with Crippen LogP contribution in [0.2, 0.25) is 0 Å². The van der Waals surface area contributed by atoms with E-state index in [1.807, 2.05) is 6.92 Å². The van der Waals surface area contributed by atoms with Crippen molar-refractivity contribution in [1.82, 2.24) is 20.2 Å². The number of amides is 2. The third-order valence-electron chi connectivity index (χ3n) is 4.01. The lowest BCUT2D eigenvalue weighted by atomic mass is 9.83. The summed E-state index contributed by atoms with van der Waals surface area (Å²) in [6.45, 7) is 4.89. The van der Waals surface area contributed by atoms with Crippen LogP contribution in [0.5, 0.6) is 0 Å². The van der Waals surface area contributed by atoms with Crippen LogP contribution < -0.4 is 10.6 Å². The molecule has 2 fully saturated rings. The van der Waals surface area contributed by atoms with Crippen molar-refractivity contribution in [2.45, 2.75) is 32.1 Å². The number of aryl methyl sites for hydroxylation is 1. The molecule has 0 atom stereocenters. The lowest BCUT2D eigenvalue weighted by Gasteiger charge is -2.25. The summed E-state index contributed by atoms with van der Waals surface area (Å²) in [5, 5.41) is 6.03. The molecule has 1 aliphatic carbocycles. The topological polar surface area (TPSA) is 70.2 Å². The SMILES string of the molecule is Cc1cc(C2CCC2)nc(NCCN2CCNC2=O)n1. The summed E-state index contributed by atoms with van der Waals surface area (Å²) >= 11 is 0. The van der Waals surface area contributed by atoms with Crippen molar-refractivity contribution >= 4 is 12.0 Å². The molecular weight excluding hydrogens is 254 g/mol. The average molecular weight is 275 g/mol. The number of urea groups is 1. The highest BCUT2D eigenvalue weighted by Crippen LogP contribution is 2.35. The van der Waals surface area contributed by atoms with Crippen LogP contribution in [0.4, 0.5) is 10.7 Å². The summed E-state index contributed by atoms with van der Waals surface area (Å²) in [7, 11) is 0. The van der Waals surface area contributed by atoms with Gasteiger partial charge in [-0.15, -0.1) is 0 Å². The molecule has 0 spiro atoms. The Bertz CT molecular complexity index is 500. The Morgan fingerprint density at radius 1 is 1.45 bits per heavy atom. The highest BCUT2D eigenvalue weighted by Gasteiger charge is 2.22. The highest BCUT2D eigenvalue weighted by atomic mass is 16.2. The number of carbonyl (C=O) groups is 1. The van der Waals surface area contributed by atoms with E-state index in [4.69, 9.17) is 0 Å². The molecule has 0 unspecified atom stereocenters. The number of rotatable bonds is 5. The first-order valence-corrected chi connectivity index (χ1v) is 7.34. The van der Waals surface area contributed by atoms with Gasteiger partial charge >= 0.3 is 6.03 Å². The number of carbonyl (C=O) groups excluding carboxylic acids is 1. The van der Waals surface area contributed by atoms with Crippen LogP contribution in [0.1, 0.15) is 36.6 Å². The maximum Gasteiger partial charge on any atom is 0.317 e. The standard InChI is InChI=1S/C14H21N5O/c1-10-9-12(11-3-2-4-11)18-13(17-10)15-5-7-19-8-6-16-14(19)20/h9,11H,2-8H2,1H3,(H,16,20)(H,15,17,18). The first-order chi connectivity index (χ1) is 9.72. The van der Waals surface area contributed by atoms with E-state index in [1.54, 1.807) is 4.90 Å². The fourth-order valence-electron chi connectivity index (χ4n) is 2.61. The van der Waals surface area contributed by atoms with Crippen LogP contribution in [0, 0.1) is 6.92 Å². The number of aromatic nitrogens is 2. The van der Waals surface area contributed by atoms with Gasteiger partial charge in [0.05, 0.1) is 0 Å². The second-order valence-corrected chi connectivity index (χ2v) is 5.53. The summed E-state index contributed by atoms with van der Waals surface area (Å²) in [5.41, 5.74) is 2.16. The highest BCUT2D eigenvalue weighted by molar-refractivity contribution is 5.76. The largest absolute Gasteiger partial charge is 0.352 e. The van der Waals surface area contributed by atoms with E-state index in [-0.39, 0.29) is 6.03 Å². The summed E-state index contributed by atoms with van der Waals surface area (Å²) < 4.78 is 0. The van der Waals surface area contributed by atoms with Gasteiger partial charge in [0.15, 0.2) is 0 Å². The zero-order valence-corrected chi connectivity index (χ0v) is 11.9. The molecule has 6 heteroatoms. The average Bonchev–Trinajstić information content (AvgIpc) is 2.72. The van der Waals surface area contributed by atoms with Crippen molar-refractivity contribution in [2.75, 3.05) is 31.5 Å². The molecule has 2 aliphatic rings. The summed E-state index contributed by atoms with van der Waals surface area (Å²) in [6, 6.07) is 2.11. The molecule has 1 aromatic heterocycles. The summed E-state index contributed by atoms with van der Waals surface area (Å²) in [6.07, 6.45) is 3.79. The van der Waals surface area contributed by atoms with Crippen molar-refractivity contribution < 1.29 is 4.79 Å². The fraction of sp³-hybridized carbons (Fsp3) is 0.643. The molecule has 2 amide bonds. The van der Waals surface area contributed by atoms with Crippen molar-refractivity contribution in [3.63, 3.8) is 0 Å². The van der Waals surface area contributed by atoms with Gasteiger partial charge < -0.3 is 15.5 Å². The Hall–Kier alpha value is -1.85. The third kappa shape index (κ3) is 2.84. The van der Waals surface area contributed by atoms with Crippen molar-refractivity contribution in [3.8, 4) is 0 Å². The molecule has 0 bridgehead atoms. The van der Waals surface area contributed by atoms with E-state index in [2.05, 4.69) is 26.7 Å². The van der Waals surface area contributed by atoms with E-state index in [0.29, 0.717) is 25.0 Å². The van der Waals surface area contributed by atoms with Gasteiger partial charge in [0.2, 0.25) is 5.95 Å². The first-order valence-electron chi connectivity index (χ1n) is 7.34. The Morgan fingerprint density at radius 2 is 2.30 bits per heavy atom. The zero-order valence-electron chi connectivity index (χ0n) is 11.9. The minimum absolute atomic E-state index is 0.0205. The molecule has 2 N–H and O–H groups in total. The van der Waals surface area contributed by atoms with Gasteiger partial charge in [0.25, 0.3) is 0 Å². The number of hydrogen-bond donors (Lipinski definition) is 2. The Kier molecular flexibility index (Phi) is 3.71. The zero-order chi connectivity index (χ0) is 13.9. The molecule has 108 valence electrons. The van der Waals surface area contributed by atoms with E-state index in [9.17, 15) is 4.79 Å². The van der Waals surface area contributed by atoms with Crippen LogP contribution in [0.3, 0.4) is 0 Å². The van der Waals surface area contributed by atoms with E-state index >= 15 is 0 Å². The molecule has 0 radical (unpaired) electrons. The molecule has 1 saturated carbocycles. The second kappa shape index (κ2) is 5.64. The Labute approximate surface area is 119 Å². The van der Waals surface area contributed by atoms with Crippen LogP contribution in [0.25, 0.3) is 0 Å². The number of hydrogen-bond acceptors (Lipinski definition) is 4. The molecule has 1 aromatic rings. The monoisotopic (exact) mass is 275 g/mol. The molecule has 20 heavy (non-hydrogen) atoms. The van der Waals surface area contributed by atoms with E-state index in [0.717, 1.165) is 24.5 Å². The van der Waals surface area contributed by atoms with Gasteiger partial charge in [-0.3, -0.25) is 0 Å². The molecule has 6 nitrogen and oxygen atoms in total. The minimum Gasteiger partial charge on any atom is -0.352 e. The number of nitrogens with zero attached hydrogens (tertiary/aromatic N) is 3. The van der Waals surface area contributed by atoms with E-state index < -0.39 is 0 Å². The fourth-order valence-corrected chi connectivity index (χ4v) is 2.61. The maximum atomic E-state index is 11.4. The predicted octanol–water partition coefficient (Wildman–Crippen LogP) is 1.49. The lowest BCUT2D eigenvalue weighted by molar-refractivity contribution is 0.219. The van der Waals surface area contributed by atoms with Gasteiger partial charge in [-0.05, 0) is 25.8 Å². The molecule has 0 aromatic carbocycles. The molecule has 3 rings (SSSR count). The van der Waals surface area contributed by atoms with Crippen molar-refractivity contribution in [3.05, 3.63) is 17.5 Å².